The normalized spacial score (nSPS) is 21.1. The maximum absolute atomic E-state index is 5.31. The Labute approximate surface area is 93.3 Å². The number of aromatic nitrogens is 3. The van der Waals surface area contributed by atoms with Crippen molar-refractivity contribution in [1.82, 2.24) is 20.4 Å². The molecule has 3 heterocycles. The monoisotopic (exact) mass is 218 g/mol. The SMILES string of the molecule is c1c[nH]c(-c2noc([C@@H]3CCCNC3)n2)c1. The molecule has 1 atom stereocenters. The molecular formula is C11H14N4O. The highest BCUT2D eigenvalue weighted by molar-refractivity contribution is 5.47. The molecule has 1 saturated heterocycles. The average Bonchev–Trinajstić information content (AvgIpc) is 3.01. The van der Waals surface area contributed by atoms with Crippen molar-refractivity contribution in [3.8, 4) is 11.5 Å². The number of aromatic amines is 1. The molecule has 1 fully saturated rings. The zero-order chi connectivity index (χ0) is 10.8. The van der Waals surface area contributed by atoms with Crippen LogP contribution in [0.4, 0.5) is 0 Å². The van der Waals surface area contributed by atoms with Gasteiger partial charge in [-0.15, -0.1) is 0 Å². The zero-order valence-electron chi connectivity index (χ0n) is 8.94. The van der Waals surface area contributed by atoms with Gasteiger partial charge in [-0.25, -0.2) is 0 Å². The smallest absolute Gasteiger partial charge is 0.231 e. The van der Waals surface area contributed by atoms with Crippen LogP contribution in [0, 0.1) is 0 Å². The molecule has 5 heteroatoms. The lowest BCUT2D eigenvalue weighted by Crippen LogP contribution is -2.28. The molecule has 0 saturated carbocycles. The Morgan fingerprint density at radius 3 is 3.19 bits per heavy atom. The highest BCUT2D eigenvalue weighted by atomic mass is 16.5. The van der Waals surface area contributed by atoms with Gasteiger partial charge in [0.05, 0.1) is 11.6 Å². The first-order valence-corrected chi connectivity index (χ1v) is 5.61. The molecule has 0 unspecified atom stereocenters. The van der Waals surface area contributed by atoms with Gasteiger partial charge in [0.1, 0.15) is 0 Å². The summed E-state index contributed by atoms with van der Waals surface area (Å²) in [5.74, 6) is 1.76. The van der Waals surface area contributed by atoms with Crippen LogP contribution in [-0.4, -0.2) is 28.2 Å². The predicted molar refractivity (Wildman–Crippen MR) is 58.9 cm³/mol. The summed E-state index contributed by atoms with van der Waals surface area (Å²) in [6, 6.07) is 3.86. The topological polar surface area (TPSA) is 66.7 Å². The number of hydrogen-bond acceptors (Lipinski definition) is 4. The van der Waals surface area contributed by atoms with Crippen LogP contribution in [0.1, 0.15) is 24.7 Å². The third-order valence-corrected chi connectivity index (χ3v) is 2.93. The second kappa shape index (κ2) is 4.09. The lowest BCUT2D eigenvalue weighted by Gasteiger charge is -2.18. The minimum atomic E-state index is 0.366. The van der Waals surface area contributed by atoms with Crippen molar-refractivity contribution < 1.29 is 4.52 Å². The van der Waals surface area contributed by atoms with E-state index in [1.165, 1.54) is 6.42 Å². The second-order valence-electron chi connectivity index (χ2n) is 4.08. The van der Waals surface area contributed by atoms with E-state index < -0.39 is 0 Å². The molecule has 5 nitrogen and oxygen atoms in total. The molecule has 0 amide bonds. The van der Waals surface area contributed by atoms with Gasteiger partial charge in [-0.1, -0.05) is 5.16 Å². The first kappa shape index (κ1) is 9.59. The Hall–Kier alpha value is -1.62. The van der Waals surface area contributed by atoms with Crippen molar-refractivity contribution in [2.24, 2.45) is 0 Å². The van der Waals surface area contributed by atoms with Crippen molar-refractivity contribution in [2.75, 3.05) is 13.1 Å². The van der Waals surface area contributed by atoms with Crippen LogP contribution in [0.2, 0.25) is 0 Å². The molecular weight excluding hydrogens is 204 g/mol. The quantitative estimate of drug-likeness (QED) is 0.802. The lowest BCUT2D eigenvalue weighted by molar-refractivity contribution is 0.322. The third kappa shape index (κ3) is 1.74. The van der Waals surface area contributed by atoms with Gasteiger partial charge >= 0.3 is 0 Å². The van der Waals surface area contributed by atoms with E-state index in [-0.39, 0.29) is 0 Å². The molecule has 0 spiro atoms. The number of nitrogens with zero attached hydrogens (tertiary/aromatic N) is 2. The second-order valence-corrected chi connectivity index (χ2v) is 4.08. The molecule has 0 aromatic carbocycles. The standard InChI is InChI=1S/C11H14N4O/c1-3-8(7-12-5-1)11-14-10(15-16-11)9-4-2-6-13-9/h2,4,6,8,12-13H,1,3,5,7H2/t8-/m1/s1. The average molecular weight is 218 g/mol. The van der Waals surface area contributed by atoms with Gasteiger partial charge in [-0.05, 0) is 31.5 Å². The Morgan fingerprint density at radius 1 is 1.44 bits per heavy atom. The molecule has 2 aromatic heterocycles. The highest BCUT2D eigenvalue weighted by Crippen LogP contribution is 2.23. The van der Waals surface area contributed by atoms with Crippen LogP contribution in [0.25, 0.3) is 11.5 Å². The Morgan fingerprint density at radius 2 is 2.44 bits per heavy atom. The summed E-state index contributed by atoms with van der Waals surface area (Å²) in [5, 5.41) is 7.33. The summed E-state index contributed by atoms with van der Waals surface area (Å²) >= 11 is 0. The summed E-state index contributed by atoms with van der Waals surface area (Å²) in [7, 11) is 0. The van der Waals surface area contributed by atoms with E-state index in [2.05, 4.69) is 20.4 Å². The van der Waals surface area contributed by atoms with Crippen LogP contribution >= 0.6 is 0 Å². The summed E-state index contributed by atoms with van der Waals surface area (Å²) < 4.78 is 5.31. The van der Waals surface area contributed by atoms with Gasteiger partial charge in [-0.2, -0.15) is 4.98 Å². The molecule has 84 valence electrons. The lowest BCUT2D eigenvalue weighted by atomic mass is 10.00. The van der Waals surface area contributed by atoms with E-state index >= 15 is 0 Å². The third-order valence-electron chi connectivity index (χ3n) is 2.93. The van der Waals surface area contributed by atoms with Gasteiger partial charge in [0.2, 0.25) is 11.7 Å². The molecule has 16 heavy (non-hydrogen) atoms. The fourth-order valence-corrected chi connectivity index (χ4v) is 2.04. The Balaban J connectivity index is 1.82. The molecule has 3 rings (SSSR count). The van der Waals surface area contributed by atoms with Crippen LogP contribution in [0.15, 0.2) is 22.9 Å². The fraction of sp³-hybridized carbons (Fsp3) is 0.455. The summed E-state index contributed by atoms with van der Waals surface area (Å²) in [5.41, 5.74) is 0.902. The van der Waals surface area contributed by atoms with E-state index in [9.17, 15) is 0 Å². The maximum Gasteiger partial charge on any atom is 0.231 e. The molecule has 0 aliphatic carbocycles. The molecule has 2 N–H and O–H groups in total. The number of nitrogens with one attached hydrogen (secondary N) is 2. The summed E-state index contributed by atoms with van der Waals surface area (Å²) in [6.07, 6.45) is 4.15. The Kier molecular flexibility index (Phi) is 2.46. The predicted octanol–water partition coefficient (Wildman–Crippen LogP) is 1.53. The van der Waals surface area contributed by atoms with E-state index in [1.54, 1.807) is 0 Å². The van der Waals surface area contributed by atoms with Gasteiger partial charge in [0.15, 0.2) is 0 Å². The molecule has 0 bridgehead atoms. The van der Waals surface area contributed by atoms with Gasteiger partial charge in [-0.3, -0.25) is 0 Å². The highest BCUT2D eigenvalue weighted by Gasteiger charge is 2.21. The fourth-order valence-electron chi connectivity index (χ4n) is 2.04. The van der Waals surface area contributed by atoms with Crippen LogP contribution in [0.3, 0.4) is 0 Å². The van der Waals surface area contributed by atoms with E-state index in [0.29, 0.717) is 11.7 Å². The Bertz CT molecular complexity index is 442. The molecule has 1 aliphatic heterocycles. The molecule has 1 aliphatic rings. The van der Waals surface area contributed by atoms with E-state index in [4.69, 9.17) is 4.52 Å². The first-order chi connectivity index (χ1) is 7.93. The van der Waals surface area contributed by atoms with Gasteiger partial charge < -0.3 is 14.8 Å². The number of H-pyrrole nitrogens is 1. The maximum atomic E-state index is 5.31. The largest absolute Gasteiger partial charge is 0.359 e. The summed E-state index contributed by atoms with van der Waals surface area (Å²) in [4.78, 5) is 7.50. The minimum absolute atomic E-state index is 0.366. The number of rotatable bonds is 2. The van der Waals surface area contributed by atoms with E-state index in [0.717, 1.165) is 31.1 Å². The van der Waals surface area contributed by atoms with Crippen molar-refractivity contribution >= 4 is 0 Å². The van der Waals surface area contributed by atoms with Crippen LogP contribution in [0.5, 0.6) is 0 Å². The molecule has 2 aromatic rings. The molecule has 0 radical (unpaired) electrons. The van der Waals surface area contributed by atoms with Gasteiger partial charge in [0.25, 0.3) is 0 Å². The zero-order valence-corrected chi connectivity index (χ0v) is 8.94. The first-order valence-electron chi connectivity index (χ1n) is 5.61. The number of piperidine rings is 1. The van der Waals surface area contributed by atoms with Crippen molar-refractivity contribution in [3.05, 3.63) is 24.2 Å². The minimum Gasteiger partial charge on any atom is -0.359 e. The number of hydrogen-bond donors (Lipinski definition) is 2. The van der Waals surface area contributed by atoms with Crippen molar-refractivity contribution in [3.63, 3.8) is 0 Å². The van der Waals surface area contributed by atoms with Crippen molar-refractivity contribution in [1.29, 1.82) is 0 Å². The van der Waals surface area contributed by atoms with Crippen LogP contribution in [-0.2, 0) is 0 Å². The van der Waals surface area contributed by atoms with E-state index in [1.807, 2.05) is 18.3 Å². The van der Waals surface area contributed by atoms with Crippen molar-refractivity contribution in [2.45, 2.75) is 18.8 Å². The summed E-state index contributed by atoms with van der Waals surface area (Å²) in [6.45, 7) is 2.03. The van der Waals surface area contributed by atoms with Gasteiger partial charge in [0, 0.05) is 12.7 Å². The van der Waals surface area contributed by atoms with Crippen LogP contribution < -0.4 is 5.32 Å².